The van der Waals surface area contributed by atoms with Crippen molar-refractivity contribution in [2.24, 2.45) is 0 Å². The van der Waals surface area contributed by atoms with Gasteiger partial charge in [0.25, 0.3) is 5.91 Å². The van der Waals surface area contributed by atoms with Crippen LogP contribution in [0.25, 0.3) is 0 Å². The number of nitrogens with zero attached hydrogens (tertiary/aromatic N) is 2. The molecular weight excluding hydrogens is 292 g/mol. The molecule has 22 heavy (non-hydrogen) atoms. The van der Waals surface area contributed by atoms with Crippen LogP contribution in [0.15, 0.2) is 47.6 Å². The number of pyridine rings is 1. The van der Waals surface area contributed by atoms with Crippen LogP contribution in [-0.2, 0) is 5.75 Å². The molecule has 0 radical (unpaired) electrons. The van der Waals surface area contributed by atoms with Gasteiger partial charge in [-0.3, -0.25) is 4.79 Å². The zero-order valence-corrected chi connectivity index (χ0v) is 13.6. The fraction of sp³-hybridized carbons (Fsp3) is 0.333. The van der Waals surface area contributed by atoms with Crippen molar-refractivity contribution in [3.63, 3.8) is 0 Å². The number of benzene rings is 1. The highest BCUT2D eigenvalue weighted by molar-refractivity contribution is 7.98. The Morgan fingerprint density at radius 1 is 1.14 bits per heavy atom. The number of hydrogen-bond acceptors (Lipinski definition) is 3. The SMILES string of the molecule is Cc1ccc(SCc2ccc(C(=O)N3CCCC3)cc2)nc1. The van der Waals surface area contributed by atoms with Crippen LogP contribution in [0.5, 0.6) is 0 Å². The number of thioether (sulfide) groups is 1. The third-order valence-electron chi connectivity index (χ3n) is 3.87. The summed E-state index contributed by atoms with van der Waals surface area (Å²) in [4.78, 5) is 18.6. The van der Waals surface area contributed by atoms with Crippen molar-refractivity contribution in [1.29, 1.82) is 0 Å². The Labute approximate surface area is 135 Å². The zero-order chi connectivity index (χ0) is 15.4. The van der Waals surface area contributed by atoms with Gasteiger partial charge < -0.3 is 4.90 Å². The summed E-state index contributed by atoms with van der Waals surface area (Å²) in [6.45, 7) is 3.84. The predicted molar refractivity (Wildman–Crippen MR) is 90.1 cm³/mol. The lowest BCUT2D eigenvalue weighted by atomic mass is 10.1. The second kappa shape index (κ2) is 6.97. The first-order valence-electron chi connectivity index (χ1n) is 7.66. The molecule has 2 aromatic rings. The lowest BCUT2D eigenvalue weighted by Gasteiger charge is -2.15. The molecule has 1 aromatic carbocycles. The van der Waals surface area contributed by atoms with Gasteiger partial charge in [-0.05, 0) is 49.1 Å². The summed E-state index contributed by atoms with van der Waals surface area (Å²) < 4.78 is 0. The van der Waals surface area contributed by atoms with E-state index in [0.29, 0.717) is 0 Å². The van der Waals surface area contributed by atoms with Gasteiger partial charge in [0.2, 0.25) is 0 Å². The molecule has 1 aliphatic heterocycles. The molecule has 114 valence electrons. The molecule has 1 aromatic heterocycles. The molecule has 0 saturated carbocycles. The highest BCUT2D eigenvalue weighted by Gasteiger charge is 2.19. The van der Waals surface area contributed by atoms with Crippen molar-refractivity contribution < 1.29 is 4.79 Å². The summed E-state index contributed by atoms with van der Waals surface area (Å²) in [6, 6.07) is 12.1. The second-order valence-corrected chi connectivity index (χ2v) is 6.65. The number of carbonyl (C=O) groups excluding carboxylic acids is 1. The van der Waals surface area contributed by atoms with Gasteiger partial charge in [0.1, 0.15) is 0 Å². The first kappa shape index (κ1) is 15.1. The van der Waals surface area contributed by atoms with Crippen LogP contribution >= 0.6 is 11.8 Å². The van der Waals surface area contributed by atoms with Crippen molar-refractivity contribution in [2.45, 2.75) is 30.5 Å². The van der Waals surface area contributed by atoms with Crippen molar-refractivity contribution in [1.82, 2.24) is 9.88 Å². The van der Waals surface area contributed by atoms with Crippen LogP contribution in [0.1, 0.15) is 34.3 Å². The van der Waals surface area contributed by atoms with E-state index in [1.807, 2.05) is 48.4 Å². The van der Waals surface area contributed by atoms with Gasteiger partial charge in [-0.2, -0.15) is 0 Å². The van der Waals surface area contributed by atoms with Gasteiger partial charge in [0, 0.05) is 30.6 Å². The molecule has 1 fully saturated rings. The van der Waals surface area contributed by atoms with Gasteiger partial charge in [-0.1, -0.05) is 18.2 Å². The van der Waals surface area contributed by atoms with Crippen LogP contribution in [0.2, 0.25) is 0 Å². The number of carbonyl (C=O) groups is 1. The minimum atomic E-state index is 0.164. The molecule has 0 N–H and O–H groups in total. The Hall–Kier alpha value is -1.81. The molecule has 3 nitrogen and oxygen atoms in total. The van der Waals surface area contributed by atoms with E-state index < -0.39 is 0 Å². The topological polar surface area (TPSA) is 33.2 Å². The predicted octanol–water partition coefficient (Wildman–Crippen LogP) is 3.92. The summed E-state index contributed by atoms with van der Waals surface area (Å²) in [5.74, 6) is 1.03. The lowest BCUT2D eigenvalue weighted by molar-refractivity contribution is 0.0793. The van der Waals surface area contributed by atoms with Gasteiger partial charge >= 0.3 is 0 Å². The van der Waals surface area contributed by atoms with Crippen LogP contribution in [0.3, 0.4) is 0 Å². The highest BCUT2D eigenvalue weighted by Crippen LogP contribution is 2.21. The third kappa shape index (κ3) is 3.69. The molecule has 1 aliphatic rings. The van der Waals surface area contributed by atoms with E-state index in [-0.39, 0.29) is 5.91 Å². The van der Waals surface area contributed by atoms with E-state index in [0.717, 1.165) is 42.3 Å². The van der Waals surface area contributed by atoms with Crippen molar-refractivity contribution >= 4 is 17.7 Å². The summed E-state index contributed by atoms with van der Waals surface area (Å²) in [5.41, 5.74) is 3.18. The number of rotatable bonds is 4. The van der Waals surface area contributed by atoms with E-state index >= 15 is 0 Å². The Balaban J connectivity index is 1.59. The first-order chi connectivity index (χ1) is 10.7. The molecular formula is C18H20N2OS. The summed E-state index contributed by atoms with van der Waals surface area (Å²) in [7, 11) is 0. The average Bonchev–Trinajstić information content (AvgIpc) is 3.09. The standard InChI is InChI=1S/C18H20N2OS/c1-14-4-9-17(19-12-14)22-13-15-5-7-16(8-6-15)18(21)20-10-2-3-11-20/h4-9,12H,2-3,10-11,13H2,1H3. The van der Waals surface area contributed by atoms with E-state index in [1.54, 1.807) is 11.8 Å². The zero-order valence-electron chi connectivity index (χ0n) is 12.8. The number of likely N-dealkylation sites (tertiary alicyclic amines) is 1. The average molecular weight is 312 g/mol. The lowest BCUT2D eigenvalue weighted by Crippen LogP contribution is -2.27. The number of aryl methyl sites for hydroxylation is 1. The van der Waals surface area contributed by atoms with E-state index in [9.17, 15) is 4.79 Å². The molecule has 0 bridgehead atoms. The minimum Gasteiger partial charge on any atom is -0.339 e. The van der Waals surface area contributed by atoms with Crippen LogP contribution in [0.4, 0.5) is 0 Å². The molecule has 4 heteroatoms. The normalized spacial score (nSPS) is 14.3. The quantitative estimate of drug-likeness (QED) is 0.802. The maximum Gasteiger partial charge on any atom is 0.253 e. The molecule has 2 heterocycles. The monoisotopic (exact) mass is 312 g/mol. The molecule has 1 saturated heterocycles. The molecule has 0 spiro atoms. The number of amides is 1. The maximum atomic E-state index is 12.3. The first-order valence-corrected chi connectivity index (χ1v) is 8.64. The van der Waals surface area contributed by atoms with E-state index in [1.165, 1.54) is 11.1 Å². The fourth-order valence-electron chi connectivity index (χ4n) is 2.54. The molecule has 1 amide bonds. The molecule has 0 atom stereocenters. The highest BCUT2D eigenvalue weighted by atomic mass is 32.2. The largest absolute Gasteiger partial charge is 0.339 e. The van der Waals surface area contributed by atoms with E-state index in [4.69, 9.17) is 0 Å². The summed E-state index contributed by atoms with van der Waals surface area (Å²) in [6.07, 6.45) is 4.15. The summed E-state index contributed by atoms with van der Waals surface area (Å²) >= 11 is 1.72. The molecule has 3 rings (SSSR count). The second-order valence-electron chi connectivity index (χ2n) is 5.66. The van der Waals surface area contributed by atoms with Gasteiger partial charge in [0.15, 0.2) is 0 Å². The number of aromatic nitrogens is 1. The van der Waals surface area contributed by atoms with Crippen molar-refractivity contribution in [3.8, 4) is 0 Å². The summed E-state index contributed by atoms with van der Waals surface area (Å²) in [5, 5.41) is 1.03. The fourth-order valence-corrected chi connectivity index (χ4v) is 3.34. The van der Waals surface area contributed by atoms with Crippen LogP contribution < -0.4 is 0 Å². The molecule has 0 unspecified atom stereocenters. The Kier molecular flexibility index (Phi) is 4.78. The Morgan fingerprint density at radius 3 is 2.50 bits per heavy atom. The third-order valence-corrected chi connectivity index (χ3v) is 4.88. The van der Waals surface area contributed by atoms with Gasteiger partial charge in [-0.15, -0.1) is 11.8 Å². The maximum absolute atomic E-state index is 12.3. The van der Waals surface area contributed by atoms with Crippen LogP contribution in [-0.4, -0.2) is 28.9 Å². The molecule has 0 aliphatic carbocycles. The van der Waals surface area contributed by atoms with Crippen LogP contribution in [0, 0.1) is 6.92 Å². The van der Waals surface area contributed by atoms with Gasteiger partial charge in [0.05, 0.1) is 5.03 Å². The number of hydrogen-bond donors (Lipinski definition) is 0. The van der Waals surface area contributed by atoms with Crippen molar-refractivity contribution in [3.05, 3.63) is 59.3 Å². The van der Waals surface area contributed by atoms with E-state index in [2.05, 4.69) is 11.1 Å². The smallest absolute Gasteiger partial charge is 0.253 e. The Bertz CT molecular complexity index is 631. The van der Waals surface area contributed by atoms with Crippen molar-refractivity contribution in [2.75, 3.05) is 13.1 Å². The van der Waals surface area contributed by atoms with Gasteiger partial charge in [-0.25, -0.2) is 4.98 Å². The minimum absolute atomic E-state index is 0.164. The Morgan fingerprint density at radius 2 is 1.86 bits per heavy atom.